The third kappa shape index (κ3) is 3.98. The molecule has 0 unspecified atom stereocenters. The van der Waals surface area contributed by atoms with E-state index in [0.717, 1.165) is 5.69 Å². The molecule has 0 atom stereocenters. The van der Waals surface area contributed by atoms with Gasteiger partial charge in [0.2, 0.25) is 5.91 Å². The average Bonchev–Trinajstić information content (AvgIpc) is 3.11. The van der Waals surface area contributed by atoms with Crippen molar-refractivity contribution in [2.24, 2.45) is 0 Å². The topological polar surface area (TPSA) is 85.6 Å². The van der Waals surface area contributed by atoms with Crippen molar-refractivity contribution in [1.82, 2.24) is 25.2 Å². The van der Waals surface area contributed by atoms with Crippen molar-refractivity contribution in [1.29, 1.82) is 0 Å². The number of rotatable bonds is 5. The van der Waals surface area contributed by atoms with Crippen LogP contribution in [0.15, 0.2) is 29.6 Å². The molecule has 7 nitrogen and oxygen atoms in total. The van der Waals surface area contributed by atoms with Crippen LogP contribution in [0.25, 0.3) is 0 Å². The summed E-state index contributed by atoms with van der Waals surface area (Å²) in [5.74, 6) is 0.543. The van der Waals surface area contributed by atoms with E-state index < -0.39 is 0 Å². The van der Waals surface area contributed by atoms with Gasteiger partial charge in [-0.3, -0.25) is 4.79 Å². The fourth-order valence-corrected chi connectivity index (χ4v) is 2.87. The zero-order valence-electron chi connectivity index (χ0n) is 12.9. The number of hydrogen-bond donors (Lipinski definition) is 1. The molecule has 3 aromatic rings. The highest BCUT2D eigenvalue weighted by Gasteiger charge is 2.09. The molecule has 8 heteroatoms. The molecule has 0 aliphatic carbocycles. The first-order chi connectivity index (χ1) is 11.1. The minimum absolute atomic E-state index is 0.134. The highest BCUT2D eigenvalue weighted by Crippen LogP contribution is 2.16. The van der Waals surface area contributed by atoms with Gasteiger partial charge in [0.15, 0.2) is 11.0 Å². The van der Waals surface area contributed by atoms with Crippen molar-refractivity contribution in [3.63, 3.8) is 0 Å². The maximum Gasteiger partial charge on any atom is 0.223 e. The summed E-state index contributed by atoms with van der Waals surface area (Å²) in [6.07, 6.45) is 0.654. The Labute approximate surface area is 137 Å². The smallest absolute Gasteiger partial charge is 0.223 e. The third-order valence-corrected chi connectivity index (χ3v) is 4.05. The first kappa shape index (κ1) is 15.3. The van der Waals surface area contributed by atoms with Crippen molar-refractivity contribution in [3.8, 4) is 0 Å². The predicted molar refractivity (Wildman–Crippen MR) is 87.3 cm³/mol. The van der Waals surface area contributed by atoms with Crippen molar-refractivity contribution in [3.05, 3.63) is 52.3 Å². The van der Waals surface area contributed by atoms with Crippen LogP contribution >= 0.6 is 11.3 Å². The number of carbonyl (C=O) groups is 1. The molecule has 3 rings (SSSR count). The van der Waals surface area contributed by atoms with Crippen LogP contribution in [-0.2, 0) is 17.8 Å². The lowest BCUT2D eigenvalue weighted by molar-refractivity contribution is -0.114. The summed E-state index contributed by atoms with van der Waals surface area (Å²) < 4.78 is 0. The van der Waals surface area contributed by atoms with Crippen molar-refractivity contribution in [2.75, 3.05) is 5.32 Å². The Balaban J connectivity index is 1.66. The van der Waals surface area contributed by atoms with Crippen LogP contribution in [0.5, 0.6) is 0 Å². The number of carbonyl (C=O) groups excluding carboxylic acids is 1. The molecule has 0 saturated carbocycles. The second-order valence-electron chi connectivity index (χ2n) is 5.16. The number of nitrogens with one attached hydrogen (secondary N) is 1. The SMILES string of the molecule is CC(=O)Nc1nc(Cn2nnc(Cc3ccccc3C)n2)cs1. The van der Waals surface area contributed by atoms with Gasteiger partial charge in [-0.2, -0.15) is 4.80 Å². The van der Waals surface area contributed by atoms with Gasteiger partial charge in [-0.25, -0.2) is 4.98 Å². The van der Waals surface area contributed by atoms with Crippen molar-refractivity contribution in [2.45, 2.75) is 26.8 Å². The van der Waals surface area contributed by atoms with Crippen molar-refractivity contribution >= 4 is 22.4 Å². The van der Waals surface area contributed by atoms with Gasteiger partial charge in [-0.05, 0) is 23.3 Å². The van der Waals surface area contributed by atoms with Crippen LogP contribution in [0.3, 0.4) is 0 Å². The van der Waals surface area contributed by atoms with Gasteiger partial charge < -0.3 is 5.32 Å². The van der Waals surface area contributed by atoms with Gasteiger partial charge in [0.25, 0.3) is 0 Å². The van der Waals surface area contributed by atoms with Crippen LogP contribution in [-0.4, -0.2) is 31.1 Å². The molecule has 118 valence electrons. The molecular formula is C15H16N6OS. The van der Waals surface area contributed by atoms with Gasteiger partial charge in [-0.15, -0.1) is 21.5 Å². The fourth-order valence-electron chi connectivity index (χ4n) is 2.13. The summed E-state index contributed by atoms with van der Waals surface area (Å²) in [6, 6.07) is 8.15. The average molecular weight is 328 g/mol. The van der Waals surface area contributed by atoms with E-state index in [0.29, 0.717) is 23.9 Å². The number of amides is 1. The Kier molecular flexibility index (Phi) is 4.42. The Hall–Kier alpha value is -2.61. The monoisotopic (exact) mass is 328 g/mol. The van der Waals surface area contributed by atoms with E-state index >= 15 is 0 Å². The van der Waals surface area contributed by atoms with Gasteiger partial charge in [0.05, 0.1) is 5.69 Å². The predicted octanol–water partition coefficient (Wildman–Crippen LogP) is 2.04. The van der Waals surface area contributed by atoms with Gasteiger partial charge in [0.1, 0.15) is 6.54 Å². The largest absolute Gasteiger partial charge is 0.302 e. The summed E-state index contributed by atoms with van der Waals surface area (Å²) in [5, 5.41) is 17.6. The summed E-state index contributed by atoms with van der Waals surface area (Å²) in [5.41, 5.74) is 3.19. The number of nitrogens with zero attached hydrogens (tertiary/aromatic N) is 5. The second-order valence-corrected chi connectivity index (χ2v) is 6.02. The lowest BCUT2D eigenvalue weighted by Crippen LogP contribution is -2.07. The van der Waals surface area contributed by atoms with E-state index in [1.165, 1.54) is 34.2 Å². The number of aryl methyl sites for hydroxylation is 1. The fraction of sp³-hybridized carbons (Fsp3) is 0.267. The quantitative estimate of drug-likeness (QED) is 0.774. The highest BCUT2D eigenvalue weighted by molar-refractivity contribution is 7.13. The number of aromatic nitrogens is 5. The minimum Gasteiger partial charge on any atom is -0.302 e. The summed E-state index contributed by atoms with van der Waals surface area (Å²) in [7, 11) is 0. The molecule has 23 heavy (non-hydrogen) atoms. The number of anilines is 1. The molecule has 1 N–H and O–H groups in total. The molecule has 2 aromatic heterocycles. The molecule has 1 amide bonds. The normalized spacial score (nSPS) is 10.7. The van der Waals surface area contributed by atoms with E-state index in [1.54, 1.807) is 0 Å². The molecule has 0 aliphatic rings. The Bertz CT molecular complexity index is 825. The molecule has 0 fully saturated rings. The van der Waals surface area contributed by atoms with Crippen LogP contribution < -0.4 is 5.32 Å². The molecule has 0 bridgehead atoms. The minimum atomic E-state index is -0.134. The van der Waals surface area contributed by atoms with E-state index in [2.05, 4.69) is 44.8 Å². The van der Waals surface area contributed by atoms with E-state index in [-0.39, 0.29) is 5.91 Å². The van der Waals surface area contributed by atoms with E-state index in [1.807, 2.05) is 17.5 Å². The van der Waals surface area contributed by atoms with Gasteiger partial charge in [0, 0.05) is 18.7 Å². The highest BCUT2D eigenvalue weighted by atomic mass is 32.1. The molecule has 0 saturated heterocycles. The van der Waals surface area contributed by atoms with Crippen molar-refractivity contribution < 1.29 is 4.79 Å². The second kappa shape index (κ2) is 6.66. The molecule has 0 radical (unpaired) electrons. The molecule has 0 aliphatic heterocycles. The number of thiazole rings is 1. The third-order valence-electron chi connectivity index (χ3n) is 3.24. The standard InChI is InChI=1S/C15H16N6OS/c1-10-5-3-4-6-12(10)7-14-18-20-21(19-14)8-13-9-23-15(17-13)16-11(2)22/h3-6,9H,7-8H2,1-2H3,(H,16,17,22). The lowest BCUT2D eigenvalue weighted by atomic mass is 10.1. The van der Waals surface area contributed by atoms with Gasteiger partial charge >= 0.3 is 0 Å². The Morgan fingerprint density at radius 3 is 2.96 bits per heavy atom. The first-order valence-corrected chi connectivity index (χ1v) is 8.01. The number of tetrazole rings is 1. The van der Waals surface area contributed by atoms with E-state index in [4.69, 9.17) is 0 Å². The van der Waals surface area contributed by atoms with Crippen LogP contribution in [0.4, 0.5) is 5.13 Å². The molecule has 0 spiro atoms. The van der Waals surface area contributed by atoms with Crippen LogP contribution in [0.2, 0.25) is 0 Å². The molecular weight excluding hydrogens is 312 g/mol. The first-order valence-electron chi connectivity index (χ1n) is 7.13. The lowest BCUT2D eigenvalue weighted by Gasteiger charge is -2.01. The summed E-state index contributed by atoms with van der Waals surface area (Å²) >= 11 is 1.38. The van der Waals surface area contributed by atoms with Crippen LogP contribution in [0, 0.1) is 6.92 Å². The Morgan fingerprint density at radius 1 is 1.35 bits per heavy atom. The Morgan fingerprint density at radius 2 is 2.17 bits per heavy atom. The number of benzene rings is 1. The van der Waals surface area contributed by atoms with E-state index in [9.17, 15) is 4.79 Å². The zero-order valence-corrected chi connectivity index (χ0v) is 13.7. The van der Waals surface area contributed by atoms with Gasteiger partial charge in [-0.1, -0.05) is 24.3 Å². The maximum absolute atomic E-state index is 11.0. The van der Waals surface area contributed by atoms with Crippen LogP contribution in [0.1, 0.15) is 29.6 Å². The summed E-state index contributed by atoms with van der Waals surface area (Å²) in [4.78, 5) is 16.8. The number of hydrogen-bond acceptors (Lipinski definition) is 6. The summed E-state index contributed by atoms with van der Waals surface area (Å²) in [6.45, 7) is 3.95. The molecule has 2 heterocycles. The zero-order chi connectivity index (χ0) is 16.2. The maximum atomic E-state index is 11.0. The molecule has 1 aromatic carbocycles.